The van der Waals surface area contributed by atoms with E-state index in [2.05, 4.69) is 4.98 Å². The molecule has 3 nitrogen and oxygen atoms in total. The maximum absolute atomic E-state index is 12.9. The van der Waals surface area contributed by atoms with Crippen molar-refractivity contribution < 1.29 is 8.78 Å². The van der Waals surface area contributed by atoms with Gasteiger partial charge in [0.05, 0.1) is 18.4 Å². The Kier molecular flexibility index (Phi) is 2.27. The number of aromatic nitrogens is 1. The molecule has 0 aliphatic carbocycles. The molecular weight excluding hydrogens is 200 g/mol. The molecule has 1 aliphatic rings. The van der Waals surface area contributed by atoms with E-state index in [0.717, 1.165) is 0 Å². The van der Waals surface area contributed by atoms with Crippen molar-refractivity contribution >= 4 is 5.69 Å². The SMILES string of the molecule is N#Cc1ccc(N2CCC(F)(F)C2)cn1. The zero-order chi connectivity index (χ0) is 10.9. The number of nitriles is 1. The first-order chi connectivity index (χ1) is 7.11. The predicted octanol–water partition coefficient (Wildman–Crippen LogP) is 1.80. The fourth-order valence-electron chi connectivity index (χ4n) is 1.60. The first-order valence-electron chi connectivity index (χ1n) is 4.60. The summed E-state index contributed by atoms with van der Waals surface area (Å²) in [6.45, 7) is 0.0706. The first kappa shape index (κ1) is 9.84. The molecule has 5 heteroatoms. The topological polar surface area (TPSA) is 39.9 Å². The molecule has 15 heavy (non-hydrogen) atoms. The van der Waals surface area contributed by atoms with E-state index >= 15 is 0 Å². The second-order valence-corrected chi connectivity index (χ2v) is 3.54. The van der Waals surface area contributed by atoms with Crippen LogP contribution in [0.25, 0.3) is 0 Å². The van der Waals surface area contributed by atoms with Gasteiger partial charge in [0.25, 0.3) is 5.92 Å². The highest BCUT2D eigenvalue weighted by Crippen LogP contribution is 2.30. The predicted molar refractivity (Wildman–Crippen MR) is 50.7 cm³/mol. The van der Waals surface area contributed by atoms with Gasteiger partial charge in [0.2, 0.25) is 0 Å². The van der Waals surface area contributed by atoms with Crippen molar-refractivity contribution in [2.45, 2.75) is 12.3 Å². The highest BCUT2D eigenvalue weighted by atomic mass is 19.3. The Morgan fingerprint density at radius 2 is 2.27 bits per heavy atom. The molecule has 2 rings (SSSR count). The lowest BCUT2D eigenvalue weighted by atomic mass is 10.3. The monoisotopic (exact) mass is 209 g/mol. The lowest BCUT2D eigenvalue weighted by molar-refractivity contribution is 0.0257. The molecule has 1 saturated heterocycles. The maximum atomic E-state index is 12.9. The van der Waals surface area contributed by atoms with Crippen LogP contribution in [0.3, 0.4) is 0 Å². The number of pyridine rings is 1. The summed E-state index contributed by atoms with van der Waals surface area (Å²) in [5, 5.41) is 8.53. The smallest absolute Gasteiger partial charge is 0.266 e. The van der Waals surface area contributed by atoms with Crippen LogP contribution in [0.4, 0.5) is 14.5 Å². The van der Waals surface area contributed by atoms with Crippen molar-refractivity contribution in [3.8, 4) is 6.07 Å². The molecule has 78 valence electrons. The molecule has 1 aromatic heterocycles. The highest BCUT2D eigenvalue weighted by molar-refractivity contribution is 5.47. The first-order valence-corrected chi connectivity index (χ1v) is 4.60. The summed E-state index contributed by atoms with van der Waals surface area (Å²) >= 11 is 0. The van der Waals surface area contributed by atoms with Crippen LogP contribution < -0.4 is 4.90 Å². The van der Waals surface area contributed by atoms with Crippen molar-refractivity contribution in [2.75, 3.05) is 18.0 Å². The molecule has 0 spiro atoms. The van der Waals surface area contributed by atoms with E-state index in [4.69, 9.17) is 5.26 Å². The molecule has 2 heterocycles. The van der Waals surface area contributed by atoms with Crippen LogP contribution >= 0.6 is 0 Å². The van der Waals surface area contributed by atoms with Crippen LogP contribution in [0.1, 0.15) is 12.1 Å². The molecule has 0 amide bonds. The summed E-state index contributed by atoms with van der Waals surface area (Å²) in [6, 6.07) is 5.06. The molecule has 0 N–H and O–H groups in total. The Balaban J connectivity index is 2.15. The minimum atomic E-state index is -2.60. The second-order valence-electron chi connectivity index (χ2n) is 3.54. The second kappa shape index (κ2) is 3.46. The van der Waals surface area contributed by atoms with E-state index in [1.54, 1.807) is 11.0 Å². The van der Waals surface area contributed by atoms with Gasteiger partial charge in [-0.05, 0) is 12.1 Å². The summed E-state index contributed by atoms with van der Waals surface area (Å²) in [5.41, 5.74) is 0.941. The van der Waals surface area contributed by atoms with Gasteiger partial charge >= 0.3 is 0 Å². The van der Waals surface area contributed by atoms with Crippen LogP contribution in [0, 0.1) is 11.3 Å². The molecule has 0 aromatic carbocycles. The number of alkyl halides is 2. The zero-order valence-electron chi connectivity index (χ0n) is 7.95. The molecule has 1 fully saturated rings. The van der Waals surface area contributed by atoms with E-state index in [0.29, 0.717) is 17.9 Å². The number of rotatable bonds is 1. The minimum Gasteiger partial charge on any atom is -0.364 e. The Bertz CT molecular complexity index is 394. The average Bonchev–Trinajstić information content (AvgIpc) is 2.59. The minimum absolute atomic E-state index is 0.118. The Labute approximate surface area is 86.0 Å². The number of anilines is 1. The van der Waals surface area contributed by atoms with Crippen LogP contribution in [-0.2, 0) is 0 Å². The molecule has 0 bridgehead atoms. The summed E-state index contributed by atoms with van der Waals surface area (Å²) < 4.78 is 25.8. The van der Waals surface area contributed by atoms with Crippen LogP contribution in [0.2, 0.25) is 0 Å². The van der Waals surface area contributed by atoms with Crippen LogP contribution in [-0.4, -0.2) is 24.0 Å². The van der Waals surface area contributed by atoms with Gasteiger partial charge in [-0.15, -0.1) is 0 Å². The number of hydrogen-bond acceptors (Lipinski definition) is 3. The van der Waals surface area contributed by atoms with E-state index in [9.17, 15) is 8.78 Å². The largest absolute Gasteiger partial charge is 0.364 e. The third-order valence-corrected chi connectivity index (χ3v) is 2.40. The van der Waals surface area contributed by atoms with E-state index < -0.39 is 5.92 Å². The standard InChI is InChI=1S/C10H9F2N3/c11-10(12)3-4-15(7-10)9-2-1-8(5-13)14-6-9/h1-2,6H,3-4,7H2. The lowest BCUT2D eigenvalue weighted by Gasteiger charge is -2.17. The third kappa shape index (κ3) is 2.04. The fraction of sp³-hybridized carbons (Fsp3) is 0.400. The lowest BCUT2D eigenvalue weighted by Crippen LogP contribution is -2.24. The zero-order valence-corrected chi connectivity index (χ0v) is 7.95. The molecule has 1 aliphatic heterocycles. The molecule has 0 unspecified atom stereocenters. The van der Waals surface area contributed by atoms with Crippen molar-refractivity contribution in [3.05, 3.63) is 24.0 Å². The summed E-state index contributed by atoms with van der Waals surface area (Å²) in [4.78, 5) is 5.42. The van der Waals surface area contributed by atoms with Gasteiger partial charge in [-0.3, -0.25) is 0 Å². The maximum Gasteiger partial charge on any atom is 0.266 e. The van der Waals surface area contributed by atoms with Gasteiger partial charge in [-0.25, -0.2) is 13.8 Å². The van der Waals surface area contributed by atoms with Gasteiger partial charge < -0.3 is 4.90 Å². The van der Waals surface area contributed by atoms with Crippen molar-refractivity contribution in [1.29, 1.82) is 5.26 Å². The molecule has 0 radical (unpaired) electrons. The van der Waals surface area contributed by atoms with Crippen LogP contribution in [0.15, 0.2) is 18.3 Å². The van der Waals surface area contributed by atoms with Crippen molar-refractivity contribution in [3.63, 3.8) is 0 Å². The molecule has 0 atom stereocenters. The van der Waals surface area contributed by atoms with Crippen molar-refractivity contribution in [2.24, 2.45) is 0 Å². The molecular formula is C10H9F2N3. The van der Waals surface area contributed by atoms with E-state index in [-0.39, 0.29) is 13.0 Å². The third-order valence-electron chi connectivity index (χ3n) is 2.40. The normalized spacial score (nSPS) is 18.9. The van der Waals surface area contributed by atoms with Gasteiger partial charge in [0, 0.05) is 13.0 Å². The quantitative estimate of drug-likeness (QED) is 0.708. The Morgan fingerprint density at radius 1 is 1.47 bits per heavy atom. The number of hydrogen-bond donors (Lipinski definition) is 0. The van der Waals surface area contributed by atoms with Gasteiger partial charge in [-0.1, -0.05) is 0 Å². The number of nitrogens with zero attached hydrogens (tertiary/aromatic N) is 3. The fourth-order valence-corrected chi connectivity index (χ4v) is 1.60. The Morgan fingerprint density at radius 3 is 2.73 bits per heavy atom. The van der Waals surface area contributed by atoms with Gasteiger partial charge in [-0.2, -0.15) is 5.26 Å². The van der Waals surface area contributed by atoms with Crippen molar-refractivity contribution in [1.82, 2.24) is 4.98 Å². The van der Waals surface area contributed by atoms with Gasteiger partial charge in [0.15, 0.2) is 0 Å². The average molecular weight is 209 g/mol. The van der Waals surface area contributed by atoms with Gasteiger partial charge in [0.1, 0.15) is 11.8 Å². The van der Waals surface area contributed by atoms with E-state index in [1.165, 1.54) is 12.3 Å². The van der Waals surface area contributed by atoms with Crippen LogP contribution in [0.5, 0.6) is 0 Å². The summed E-state index contributed by atoms with van der Waals surface area (Å²) in [7, 11) is 0. The highest BCUT2D eigenvalue weighted by Gasteiger charge is 2.38. The molecule has 1 aromatic rings. The number of halogens is 2. The van der Waals surface area contributed by atoms with E-state index in [1.807, 2.05) is 6.07 Å². The Hall–Kier alpha value is -1.70. The molecule has 0 saturated carbocycles. The summed E-state index contributed by atoms with van der Waals surface area (Å²) in [6.07, 6.45) is 1.34. The summed E-state index contributed by atoms with van der Waals surface area (Å²) in [5.74, 6) is -2.60.